The van der Waals surface area contributed by atoms with Crippen molar-refractivity contribution >= 4 is 17.4 Å². The first-order valence-corrected chi connectivity index (χ1v) is 7.51. The zero-order chi connectivity index (χ0) is 14.3. The van der Waals surface area contributed by atoms with Gasteiger partial charge in [-0.1, -0.05) is 13.8 Å². The second-order valence-corrected chi connectivity index (χ2v) is 5.02. The summed E-state index contributed by atoms with van der Waals surface area (Å²) in [6.45, 7) is 8.09. The number of anilines is 1. The highest BCUT2D eigenvalue weighted by molar-refractivity contribution is 6.17. The molecule has 108 valence electrons. The largest absolute Gasteiger partial charge is 0.383 e. The summed E-state index contributed by atoms with van der Waals surface area (Å²) < 4.78 is 5.21. The average molecular weight is 285 g/mol. The molecule has 0 saturated heterocycles. The van der Waals surface area contributed by atoms with Crippen LogP contribution in [0.3, 0.4) is 0 Å². The second-order valence-electron chi connectivity index (χ2n) is 4.76. The number of alkyl halides is 1. The molecule has 19 heavy (non-hydrogen) atoms. The van der Waals surface area contributed by atoms with Crippen LogP contribution in [0.15, 0.2) is 12.1 Å². The Morgan fingerprint density at radius 3 is 2.63 bits per heavy atom. The van der Waals surface area contributed by atoms with Crippen LogP contribution in [-0.4, -0.2) is 31.3 Å². The predicted molar refractivity (Wildman–Crippen MR) is 82.1 cm³/mol. The van der Waals surface area contributed by atoms with Crippen molar-refractivity contribution < 1.29 is 4.74 Å². The minimum absolute atomic E-state index is 0.443. The van der Waals surface area contributed by atoms with E-state index in [1.54, 1.807) is 7.11 Å². The molecule has 3 nitrogen and oxygen atoms in total. The summed E-state index contributed by atoms with van der Waals surface area (Å²) in [7, 11) is 1.73. The van der Waals surface area contributed by atoms with Gasteiger partial charge in [-0.2, -0.15) is 0 Å². The lowest BCUT2D eigenvalue weighted by molar-refractivity contribution is 0.203. The molecule has 1 aromatic rings. The van der Waals surface area contributed by atoms with Crippen LogP contribution in [0.1, 0.15) is 38.4 Å². The topological polar surface area (TPSA) is 25.4 Å². The maximum atomic E-state index is 5.98. The van der Waals surface area contributed by atoms with E-state index in [2.05, 4.69) is 37.8 Å². The molecule has 0 saturated carbocycles. The van der Waals surface area contributed by atoms with Crippen LogP contribution in [0.25, 0.3) is 0 Å². The maximum Gasteiger partial charge on any atom is 0.129 e. The summed E-state index contributed by atoms with van der Waals surface area (Å²) in [6.07, 6.45) is 2.01. The van der Waals surface area contributed by atoms with Crippen molar-refractivity contribution in [3.05, 3.63) is 23.4 Å². The normalized spacial score (nSPS) is 12.5. The van der Waals surface area contributed by atoms with Gasteiger partial charge in [0.2, 0.25) is 0 Å². The molecule has 4 heteroatoms. The minimum atomic E-state index is 0.443. The molecule has 1 atom stereocenters. The zero-order valence-corrected chi connectivity index (χ0v) is 13.2. The summed E-state index contributed by atoms with van der Waals surface area (Å²) in [6, 6.07) is 4.62. The number of aryl methyl sites for hydroxylation is 1. The van der Waals surface area contributed by atoms with Crippen LogP contribution in [0, 0.1) is 0 Å². The fourth-order valence-corrected chi connectivity index (χ4v) is 2.16. The smallest absolute Gasteiger partial charge is 0.129 e. The van der Waals surface area contributed by atoms with Crippen LogP contribution >= 0.6 is 11.6 Å². The first-order chi connectivity index (χ1) is 9.15. The average Bonchev–Trinajstić information content (AvgIpc) is 2.46. The van der Waals surface area contributed by atoms with Gasteiger partial charge < -0.3 is 9.64 Å². The molecule has 1 aromatic heterocycles. The monoisotopic (exact) mass is 284 g/mol. The molecule has 1 rings (SSSR count). The van der Waals surface area contributed by atoms with Crippen molar-refractivity contribution in [1.82, 2.24) is 4.98 Å². The molecular weight excluding hydrogens is 260 g/mol. The summed E-state index contributed by atoms with van der Waals surface area (Å²) in [4.78, 5) is 7.04. The molecular formula is C15H25ClN2O. The van der Waals surface area contributed by atoms with E-state index < -0.39 is 0 Å². The fourth-order valence-electron chi connectivity index (χ4n) is 2.01. The summed E-state index contributed by atoms with van der Waals surface area (Å²) in [5.41, 5.74) is 2.23. The van der Waals surface area contributed by atoms with Gasteiger partial charge in [-0.3, -0.25) is 0 Å². The number of rotatable bonds is 8. The lowest BCUT2D eigenvalue weighted by Crippen LogP contribution is -2.36. The summed E-state index contributed by atoms with van der Waals surface area (Å²) in [5, 5.41) is 0. The van der Waals surface area contributed by atoms with E-state index in [9.17, 15) is 0 Å². The van der Waals surface area contributed by atoms with E-state index in [4.69, 9.17) is 21.3 Å². The lowest BCUT2D eigenvalue weighted by Gasteiger charge is -2.30. The molecule has 0 aromatic carbocycles. The van der Waals surface area contributed by atoms with E-state index in [-0.39, 0.29) is 0 Å². The number of nitrogens with zero attached hydrogens (tertiary/aromatic N) is 2. The van der Waals surface area contributed by atoms with Gasteiger partial charge in [0.1, 0.15) is 5.82 Å². The highest BCUT2D eigenvalue weighted by Crippen LogP contribution is 2.20. The Morgan fingerprint density at radius 1 is 1.37 bits per heavy atom. The number of hydrogen-bond acceptors (Lipinski definition) is 3. The van der Waals surface area contributed by atoms with Crippen molar-refractivity contribution in [3.63, 3.8) is 0 Å². The van der Waals surface area contributed by atoms with Gasteiger partial charge in [-0.05, 0) is 37.5 Å². The molecule has 0 amide bonds. The minimum Gasteiger partial charge on any atom is -0.383 e. The molecule has 0 aliphatic rings. The molecule has 1 unspecified atom stereocenters. The van der Waals surface area contributed by atoms with Gasteiger partial charge in [0.25, 0.3) is 0 Å². The van der Waals surface area contributed by atoms with E-state index in [0.717, 1.165) is 36.5 Å². The third-order valence-electron chi connectivity index (χ3n) is 3.39. The Hall–Kier alpha value is -0.800. The predicted octanol–water partition coefficient (Wildman–Crippen LogP) is 3.63. The number of aromatic nitrogens is 1. The van der Waals surface area contributed by atoms with E-state index >= 15 is 0 Å². The third kappa shape index (κ3) is 4.66. The molecule has 0 radical (unpaired) electrons. The number of hydrogen-bond donors (Lipinski definition) is 0. The van der Waals surface area contributed by atoms with E-state index in [1.807, 2.05) is 0 Å². The highest BCUT2D eigenvalue weighted by atomic mass is 35.5. The molecule has 0 N–H and O–H groups in total. The number of pyridine rings is 1. The van der Waals surface area contributed by atoms with Crippen molar-refractivity contribution in [3.8, 4) is 0 Å². The van der Waals surface area contributed by atoms with Gasteiger partial charge in [0.15, 0.2) is 0 Å². The molecule has 0 aliphatic heterocycles. The number of methoxy groups -OCH3 is 1. The Bertz CT molecular complexity index is 362. The Balaban J connectivity index is 3.05. The van der Waals surface area contributed by atoms with Crippen molar-refractivity contribution in [2.24, 2.45) is 0 Å². The van der Waals surface area contributed by atoms with E-state index in [1.165, 1.54) is 0 Å². The van der Waals surface area contributed by atoms with Crippen LogP contribution in [0.5, 0.6) is 0 Å². The second kappa shape index (κ2) is 8.39. The molecule has 0 bridgehead atoms. The number of halogens is 1. The zero-order valence-electron chi connectivity index (χ0n) is 12.4. The van der Waals surface area contributed by atoms with Crippen LogP contribution in [0.2, 0.25) is 0 Å². The van der Waals surface area contributed by atoms with Crippen molar-refractivity contribution in [1.29, 1.82) is 0 Å². The SMILES string of the molecule is CCc1cc(CCl)cc(N(CCOC)C(C)CC)n1. The standard InChI is InChI=1S/C15H25ClN2O/c1-5-12(3)18(7-8-19-4)15-10-13(11-16)9-14(6-2)17-15/h9-10,12H,5-8,11H2,1-4H3. The Kier molecular flexibility index (Phi) is 7.17. The van der Waals surface area contributed by atoms with Gasteiger partial charge in [0.05, 0.1) is 6.61 Å². The summed E-state index contributed by atoms with van der Waals surface area (Å²) >= 11 is 5.98. The van der Waals surface area contributed by atoms with Crippen LogP contribution in [-0.2, 0) is 17.0 Å². The molecule has 0 spiro atoms. The van der Waals surface area contributed by atoms with Crippen molar-refractivity contribution in [2.75, 3.05) is 25.2 Å². The highest BCUT2D eigenvalue weighted by Gasteiger charge is 2.15. The van der Waals surface area contributed by atoms with Gasteiger partial charge >= 0.3 is 0 Å². The number of ether oxygens (including phenoxy) is 1. The molecule has 0 fully saturated rings. The Labute approximate surface area is 121 Å². The van der Waals surface area contributed by atoms with Gasteiger partial charge in [0, 0.05) is 31.3 Å². The molecule has 0 aliphatic carbocycles. The van der Waals surface area contributed by atoms with Gasteiger partial charge in [-0.25, -0.2) is 4.98 Å². The van der Waals surface area contributed by atoms with Crippen LogP contribution < -0.4 is 4.90 Å². The molecule has 1 heterocycles. The first kappa shape index (κ1) is 16.3. The summed E-state index contributed by atoms with van der Waals surface area (Å²) in [5.74, 6) is 1.54. The van der Waals surface area contributed by atoms with Gasteiger partial charge in [-0.15, -0.1) is 11.6 Å². The van der Waals surface area contributed by atoms with E-state index in [0.29, 0.717) is 18.5 Å². The van der Waals surface area contributed by atoms with Crippen molar-refractivity contribution in [2.45, 2.75) is 45.5 Å². The Morgan fingerprint density at radius 2 is 2.11 bits per heavy atom. The maximum absolute atomic E-state index is 5.98. The lowest BCUT2D eigenvalue weighted by atomic mass is 10.1. The van der Waals surface area contributed by atoms with Crippen LogP contribution in [0.4, 0.5) is 5.82 Å². The quantitative estimate of drug-likeness (QED) is 0.682. The third-order valence-corrected chi connectivity index (χ3v) is 3.70. The first-order valence-electron chi connectivity index (χ1n) is 6.97. The fraction of sp³-hybridized carbons (Fsp3) is 0.667.